The molecule has 2 atom stereocenters. The smallest absolute Gasteiger partial charge is 0.229 e. The zero-order valence-corrected chi connectivity index (χ0v) is 15.4. The molecule has 2 aromatic heterocycles. The molecule has 24 heavy (non-hydrogen) atoms. The van der Waals surface area contributed by atoms with Crippen LogP contribution in [-0.4, -0.2) is 71.5 Å². The molecule has 0 amide bonds. The van der Waals surface area contributed by atoms with Crippen LogP contribution in [-0.2, 0) is 9.47 Å². The first-order valence-corrected chi connectivity index (χ1v) is 9.06. The van der Waals surface area contributed by atoms with Gasteiger partial charge in [0, 0.05) is 26.2 Å². The van der Waals surface area contributed by atoms with Gasteiger partial charge in [-0.25, -0.2) is 4.98 Å². The molecule has 2 saturated heterocycles. The Hall–Kier alpha value is -1.45. The third-order valence-electron chi connectivity index (χ3n) is 4.30. The number of hydrogen-bond donors (Lipinski definition) is 1. The topological polar surface area (TPSA) is 79.4 Å². The summed E-state index contributed by atoms with van der Waals surface area (Å²) in [7, 11) is 0. The number of H-pyrrole nitrogens is 1. The highest BCUT2D eigenvalue weighted by Crippen LogP contribution is 2.28. The predicted molar refractivity (Wildman–Crippen MR) is 94.6 cm³/mol. The summed E-state index contributed by atoms with van der Waals surface area (Å²) in [6, 6.07) is 0. The maximum atomic E-state index is 5.82. The van der Waals surface area contributed by atoms with Gasteiger partial charge in [0.1, 0.15) is 5.52 Å². The van der Waals surface area contributed by atoms with E-state index >= 15 is 0 Å². The van der Waals surface area contributed by atoms with Crippen LogP contribution in [0.3, 0.4) is 0 Å². The summed E-state index contributed by atoms with van der Waals surface area (Å²) >= 11 is 3.41. The molecular weight excluding hydrogens is 376 g/mol. The van der Waals surface area contributed by atoms with Crippen LogP contribution in [0.15, 0.2) is 4.73 Å². The number of nitrogens with zero attached hydrogens (tertiary/aromatic N) is 5. The molecule has 130 valence electrons. The van der Waals surface area contributed by atoms with E-state index in [0.29, 0.717) is 29.5 Å². The molecule has 0 spiro atoms. The first kappa shape index (κ1) is 16.0. The molecule has 0 radical (unpaired) electrons. The number of hydrogen-bond acceptors (Lipinski definition) is 7. The van der Waals surface area contributed by atoms with Crippen molar-refractivity contribution in [3.63, 3.8) is 0 Å². The zero-order chi connectivity index (χ0) is 16.7. The number of imidazole rings is 1. The molecule has 2 aliphatic rings. The minimum absolute atomic E-state index is 0.158. The van der Waals surface area contributed by atoms with Crippen molar-refractivity contribution < 1.29 is 9.47 Å². The summed E-state index contributed by atoms with van der Waals surface area (Å²) < 4.78 is 12.0. The lowest BCUT2D eigenvalue weighted by Crippen LogP contribution is -2.46. The lowest BCUT2D eigenvalue weighted by Gasteiger charge is -2.36. The molecule has 4 rings (SSSR count). The van der Waals surface area contributed by atoms with Crippen LogP contribution in [0.2, 0.25) is 0 Å². The number of aromatic nitrogens is 4. The number of morpholine rings is 2. The Labute approximate surface area is 148 Å². The number of fused-ring (bicyclic) bond motifs is 1. The minimum atomic E-state index is 0.158. The van der Waals surface area contributed by atoms with Crippen molar-refractivity contribution in [2.24, 2.45) is 0 Å². The van der Waals surface area contributed by atoms with Gasteiger partial charge in [-0.05, 0) is 29.8 Å². The highest BCUT2D eigenvalue weighted by atomic mass is 79.9. The normalized spacial score (nSPS) is 25.5. The largest absolute Gasteiger partial charge is 0.378 e. The van der Waals surface area contributed by atoms with Crippen molar-refractivity contribution in [2.45, 2.75) is 26.1 Å². The Morgan fingerprint density at radius 3 is 2.46 bits per heavy atom. The van der Waals surface area contributed by atoms with Crippen molar-refractivity contribution in [2.75, 3.05) is 49.2 Å². The fourth-order valence-electron chi connectivity index (χ4n) is 3.33. The van der Waals surface area contributed by atoms with E-state index in [9.17, 15) is 0 Å². The Bertz CT molecular complexity index is 722. The highest BCUT2D eigenvalue weighted by molar-refractivity contribution is 9.10. The summed E-state index contributed by atoms with van der Waals surface area (Å²) in [5, 5.41) is 0. The van der Waals surface area contributed by atoms with Crippen molar-refractivity contribution in [1.82, 2.24) is 19.9 Å². The van der Waals surface area contributed by atoms with Gasteiger partial charge in [0.25, 0.3) is 0 Å². The molecule has 2 aliphatic heterocycles. The molecule has 4 heterocycles. The van der Waals surface area contributed by atoms with Crippen LogP contribution < -0.4 is 9.80 Å². The standard InChI is InChI=1S/C15H21BrN6O2/c1-9-7-22(8-10(2)24-9)15-19-12-11(17-14(16)18-12)13(20-15)21-3-5-23-6-4-21/h9-10H,3-8H2,1-2H3,(H,17,18,19,20)/t9-,10+. The van der Waals surface area contributed by atoms with E-state index in [2.05, 4.69) is 54.5 Å². The summed E-state index contributed by atoms with van der Waals surface area (Å²) in [5.74, 6) is 1.60. The Balaban J connectivity index is 1.75. The van der Waals surface area contributed by atoms with Crippen LogP contribution >= 0.6 is 15.9 Å². The van der Waals surface area contributed by atoms with Gasteiger partial charge < -0.3 is 24.3 Å². The third-order valence-corrected chi connectivity index (χ3v) is 4.68. The van der Waals surface area contributed by atoms with Gasteiger partial charge in [0.15, 0.2) is 16.2 Å². The van der Waals surface area contributed by atoms with E-state index in [-0.39, 0.29) is 12.2 Å². The zero-order valence-electron chi connectivity index (χ0n) is 13.8. The first-order valence-electron chi connectivity index (χ1n) is 8.26. The maximum Gasteiger partial charge on any atom is 0.229 e. The highest BCUT2D eigenvalue weighted by Gasteiger charge is 2.27. The molecule has 0 aliphatic carbocycles. The van der Waals surface area contributed by atoms with E-state index in [0.717, 1.165) is 37.5 Å². The molecule has 0 unspecified atom stereocenters. The van der Waals surface area contributed by atoms with Gasteiger partial charge in [-0.1, -0.05) is 0 Å². The number of aromatic amines is 1. The quantitative estimate of drug-likeness (QED) is 0.771. The van der Waals surface area contributed by atoms with Crippen molar-refractivity contribution in [3.8, 4) is 0 Å². The third kappa shape index (κ3) is 3.07. The SMILES string of the molecule is C[C@@H]1CN(c2nc(N3CCOCC3)c3[nH]c(Br)nc3n2)C[C@H](C)O1. The molecule has 1 N–H and O–H groups in total. The second kappa shape index (κ2) is 6.45. The van der Waals surface area contributed by atoms with Crippen LogP contribution in [0.4, 0.5) is 11.8 Å². The molecular formula is C15H21BrN6O2. The molecule has 9 heteroatoms. The summed E-state index contributed by atoms with van der Waals surface area (Å²) in [5.41, 5.74) is 1.54. The van der Waals surface area contributed by atoms with Gasteiger partial charge >= 0.3 is 0 Å². The number of halogens is 1. The Morgan fingerprint density at radius 1 is 1.04 bits per heavy atom. The van der Waals surface area contributed by atoms with Crippen LogP contribution in [0.1, 0.15) is 13.8 Å². The fourth-order valence-corrected chi connectivity index (χ4v) is 3.70. The predicted octanol–water partition coefficient (Wildman–Crippen LogP) is 1.57. The van der Waals surface area contributed by atoms with Crippen LogP contribution in [0, 0.1) is 0 Å². The van der Waals surface area contributed by atoms with E-state index in [1.165, 1.54) is 0 Å². The molecule has 0 bridgehead atoms. The van der Waals surface area contributed by atoms with Gasteiger partial charge in [-0.3, -0.25) is 0 Å². The molecule has 2 aromatic rings. The summed E-state index contributed by atoms with van der Waals surface area (Å²) in [6.07, 6.45) is 0.316. The van der Waals surface area contributed by atoms with Crippen LogP contribution in [0.5, 0.6) is 0 Å². The van der Waals surface area contributed by atoms with Gasteiger partial charge in [0.05, 0.1) is 25.4 Å². The Kier molecular flexibility index (Phi) is 4.31. The van der Waals surface area contributed by atoms with Gasteiger partial charge in [-0.2, -0.15) is 9.97 Å². The number of rotatable bonds is 2. The average molecular weight is 397 g/mol. The van der Waals surface area contributed by atoms with Crippen molar-refractivity contribution >= 4 is 38.9 Å². The van der Waals surface area contributed by atoms with E-state index in [1.807, 2.05) is 0 Å². The summed E-state index contributed by atoms with van der Waals surface area (Å²) in [4.78, 5) is 21.6. The summed E-state index contributed by atoms with van der Waals surface area (Å²) in [6.45, 7) is 8.78. The molecule has 2 fully saturated rings. The number of nitrogens with one attached hydrogen (secondary N) is 1. The first-order chi connectivity index (χ1) is 11.6. The van der Waals surface area contributed by atoms with Gasteiger partial charge in [0.2, 0.25) is 5.95 Å². The number of anilines is 2. The van der Waals surface area contributed by atoms with E-state index in [4.69, 9.17) is 14.5 Å². The average Bonchev–Trinajstić information content (AvgIpc) is 2.94. The second-order valence-electron chi connectivity index (χ2n) is 6.34. The minimum Gasteiger partial charge on any atom is -0.378 e. The fraction of sp³-hybridized carbons (Fsp3) is 0.667. The second-order valence-corrected chi connectivity index (χ2v) is 7.09. The van der Waals surface area contributed by atoms with Crippen LogP contribution in [0.25, 0.3) is 11.2 Å². The molecule has 8 nitrogen and oxygen atoms in total. The monoisotopic (exact) mass is 396 g/mol. The number of ether oxygens (including phenoxy) is 2. The molecule has 0 saturated carbocycles. The van der Waals surface area contributed by atoms with Crippen molar-refractivity contribution in [3.05, 3.63) is 4.73 Å². The lowest BCUT2D eigenvalue weighted by atomic mass is 10.2. The Morgan fingerprint density at radius 2 is 1.75 bits per heavy atom. The van der Waals surface area contributed by atoms with E-state index in [1.54, 1.807) is 0 Å². The molecule has 0 aromatic carbocycles. The van der Waals surface area contributed by atoms with E-state index < -0.39 is 0 Å². The van der Waals surface area contributed by atoms with Crippen molar-refractivity contribution in [1.29, 1.82) is 0 Å². The van der Waals surface area contributed by atoms with Gasteiger partial charge in [-0.15, -0.1) is 0 Å². The lowest BCUT2D eigenvalue weighted by molar-refractivity contribution is -0.00570. The maximum absolute atomic E-state index is 5.82.